The molecular weight excluding hydrogens is 295 g/mol. The first kappa shape index (κ1) is 16.4. The summed E-state index contributed by atoms with van der Waals surface area (Å²) in [4.78, 5) is 23.9. The Morgan fingerprint density at radius 3 is 2.45 bits per heavy atom. The minimum absolute atomic E-state index is 0.110. The Labute approximate surface area is 117 Å². The number of thioether (sulfide) groups is 1. The lowest BCUT2D eigenvalue weighted by Gasteiger charge is -2.18. The number of likely N-dealkylation sites (N-methyl/N-ethyl adjacent to an activating group) is 1. The number of hydrogen-bond acceptors (Lipinski definition) is 4. The number of carbonyl (C=O) groups excluding carboxylic acids is 2. The topological polar surface area (TPSA) is 46.6 Å². The van der Waals surface area contributed by atoms with Crippen LogP contribution in [0.25, 0.3) is 0 Å². The SMILES string of the molecule is COC(=O)CN(C)C(=O)c1ccccc1SC(F)(F)F. The maximum Gasteiger partial charge on any atom is 0.446 e. The Hall–Kier alpha value is -1.70. The molecule has 0 saturated carbocycles. The van der Waals surface area contributed by atoms with Gasteiger partial charge in [-0.15, -0.1) is 0 Å². The second-order valence-corrected chi connectivity index (χ2v) is 4.89. The molecule has 0 aliphatic rings. The quantitative estimate of drug-likeness (QED) is 0.633. The average Bonchev–Trinajstić information content (AvgIpc) is 2.36. The van der Waals surface area contributed by atoms with Crippen LogP contribution in [0.2, 0.25) is 0 Å². The Morgan fingerprint density at radius 1 is 1.30 bits per heavy atom. The van der Waals surface area contributed by atoms with E-state index in [1.165, 1.54) is 31.3 Å². The lowest BCUT2D eigenvalue weighted by atomic mass is 10.2. The molecule has 0 heterocycles. The molecule has 1 amide bonds. The summed E-state index contributed by atoms with van der Waals surface area (Å²) in [5.74, 6) is -1.33. The average molecular weight is 307 g/mol. The number of halogens is 3. The molecule has 1 aromatic carbocycles. The first-order valence-corrected chi connectivity index (χ1v) is 6.23. The largest absolute Gasteiger partial charge is 0.468 e. The van der Waals surface area contributed by atoms with E-state index in [0.29, 0.717) is 0 Å². The van der Waals surface area contributed by atoms with Gasteiger partial charge in [0.1, 0.15) is 6.54 Å². The van der Waals surface area contributed by atoms with Crippen molar-refractivity contribution in [2.75, 3.05) is 20.7 Å². The number of methoxy groups -OCH3 is 1. The van der Waals surface area contributed by atoms with Crippen LogP contribution >= 0.6 is 11.8 Å². The van der Waals surface area contributed by atoms with Gasteiger partial charge in [-0.3, -0.25) is 9.59 Å². The van der Waals surface area contributed by atoms with Gasteiger partial charge in [0, 0.05) is 11.9 Å². The Bertz CT molecular complexity index is 505. The molecule has 110 valence electrons. The second kappa shape index (κ2) is 6.65. The first-order valence-electron chi connectivity index (χ1n) is 5.41. The Morgan fingerprint density at radius 2 is 1.90 bits per heavy atom. The van der Waals surface area contributed by atoms with Crippen LogP contribution in [-0.4, -0.2) is 43.0 Å². The van der Waals surface area contributed by atoms with Gasteiger partial charge in [0.05, 0.1) is 12.7 Å². The number of ether oxygens (including phenoxy) is 1. The van der Waals surface area contributed by atoms with E-state index in [2.05, 4.69) is 4.74 Å². The van der Waals surface area contributed by atoms with E-state index in [4.69, 9.17) is 0 Å². The van der Waals surface area contributed by atoms with E-state index in [1.54, 1.807) is 0 Å². The summed E-state index contributed by atoms with van der Waals surface area (Å²) in [5, 5.41) is 0. The summed E-state index contributed by atoms with van der Waals surface area (Å²) in [5.41, 5.74) is -4.60. The van der Waals surface area contributed by atoms with Crippen LogP contribution < -0.4 is 0 Å². The van der Waals surface area contributed by atoms with Crippen LogP contribution in [0.4, 0.5) is 13.2 Å². The number of alkyl halides is 3. The molecule has 0 atom stereocenters. The van der Waals surface area contributed by atoms with Crippen LogP contribution in [0.5, 0.6) is 0 Å². The fourth-order valence-electron chi connectivity index (χ4n) is 1.39. The summed E-state index contributed by atoms with van der Waals surface area (Å²) < 4.78 is 41.6. The molecule has 0 aromatic heterocycles. The molecule has 0 N–H and O–H groups in total. The van der Waals surface area contributed by atoms with Crippen LogP contribution in [-0.2, 0) is 9.53 Å². The lowest BCUT2D eigenvalue weighted by molar-refractivity contribution is -0.141. The molecule has 0 bridgehead atoms. The van der Waals surface area contributed by atoms with Crippen molar-refractivity contribution in [3.63, 3.8) is 0 Å². The molecule has 0 spiro atoms. The van der Waals surface area contributed by atoms with Gasteiger partial charge in [-0.1, -0.05) is 12.1 Å². The molecule has 1 aromatic rings. The molecule has 0 aliphatic heterocycles. The standard InChI is InChI=1S/C12H12F3NO3S/c1-16(7-10(17)19-2)11(18)8-5-3-4-6-9(8)20-12(13,14)15/h3-6H,7H2,1-2H3. The fourth-order valence-corrected chi connectivity index (χ4v) is 2.05. The van der Waals surface area contributed by atoms with Crippen molar-refractivity contribution < 1.29 is 27.5 Å². The molecule has 0 unspecified atom stereocenters. The first-order chi connectivity index (χ1) is 9.24. The maximum absolute atomic E-state index is 12.4. The minimum atomic E-state index is -4.49. The number of nitrogens with zero attached hydrogens (tertiary/aromatic N) is 1. The zero-order chi connectivity index (χ0) is 15.3. The van der Waals surface area contributed by atoms with E-state index in [-0.39, 0.29) is 28.8 Å². The number of amides is 1. The predicted molar refractivity (Wildman–Crippen MR) is 67.3 cm³/mol. The normalized spacial score (nSPS) is 11.1. The zero-order valence-corrected chi connectivity index (χ0v) is 11.5. The third-order valence-electron chi connectivity index (χ3n) is 2.28. The monoisotopic (exact) mass is 307 g/mol. The maximum atomic E-state index is 12.4. The van der Waals surface area contributed by atoms with Crippen LogP contribution in [0.1, 0.15) is 10.4 Å². The molecule has 0 fully saturated rings. The van der Waals surface area contributed by atoms with Gasteiger partial charge in [-0.25, -0.2) is 0 Å². The van der Waals surface area contributed by atoms with Crippen molar-refractivity contribution in [3.05, 3.63) is 29.8 Å². The molecular formula is C12H12F3NO3S. The van der Waals surface area contributed by atoms with Crippen molar-refractivity contribution in [1.29, 1.82) is 0 Å². The fraction of sp³-hybridized carbons (Fsp3) is 0.333. The van der Waals surface area contributed by atoms with Gasteiger partial charge in [0.2, 0.25) is 0 Å². The highest BCUT2D eigenvalue weighted by molar-refractivity contribution is 8.00. The number of hydrogen-bond donors (Lipinski definition) is 0. The highest BCUT2D eigenvalue weighted by Crippen LogP contribution is 2.38. The third-order valence-corrected chi connectivity index (χ3v) is 3.09. The highest BCUT2D eigenvalue weighted by Gasteiger charge is 2.31. The molecule has 0 aliphatic carbocycles. The summed E-state index contributed by atoms with van der Waals surface area (Å²) in [6.07, 6.45) is 0. The summed E-state index contributed by atoms with van der Waals surface area (Å²) in [7, 11) is 2.47. The molecule has 4 nitrogen and oxygen atoms in total. The number of benzene rings is 1. The molecule has 1 rings (SSSR count). The van der Waals surface area contributed by atoms with Crippen molar-refractivity contribution >= 4 is 23.6 Å². The van der Waals surface area contributed by atoms with E-state index in [1.807, 2.05) is 0 Å². The van der Waals surface area contributed by atoms with Crippen molar-refractivity contribution in [1.82, 2.24) is 4.90 Å². The van der Waals surface area contributed by atoms with Gasteiger partial charge < -0.3 is 9.64 Å². The number of esters is 1. The van der Waals surface area contributed by atoms with Crippen LogP contribution in [0, 0.1) is 0 Å². The third kappa shape index (κ3) is 4.76. The second-order valence-electron chi connectivity index (χ2n) is 3.78. The van der Waals surface area contributed by atoms with Gasteiger partial charge in [-0.05, 0) is 23.9 Å². The van der Waals surface area contributed by atoms with E-state index in [0.717, 1.165) is 12.0 Å². The molecule has 0 radical (unpaired) electrons. The van der Waals surface area contributed by atoms with E-state index >= 15 is 0 Å². The van der Waals surface area contributed by atoms with Gasteiger partial charge >= 0.3 is 11.5 Å². The number of rotatable bonds is 4. The highest BCUT2D eigenvalue weighted by atomic mass is 32.2. The van der Waals surface area contributed by atoms with Crippen LogP contribution in [0.3, 0.4) is 0 Å². The summed E-state index contributed by atoms with van der Waals surface area (Å²) in [6, 6.07) is 5.35. The van der Waals surface area contributed by atoms with Crippen molar-refractivity contribution in [3.8, 4) is 0 Å². The minimum Gasteiger partial charge on any atom is -0.468 e. The van der Waals surface area contributed by atoms with Gasteiger partial charge in [-0.2, -0.15) is 13.2 Å². The van der Waals surface area contributed by atoms with Crippen LogP contribution in [0.15, 0.2) is 29.2 Å². The summed E-state index contributed by atoms with van der Waals surface area (Å²) in [6.45, 7) is -0.333. The smallest absolute Gasteiger partial charge is 0.446 e. The van der Waals surface area contributed by atoms with Crippen molar-refractivity contribution in [2.24, 2.45) is 0 Å². The molecule has 8 heteroatoms. The molecule has 0 saturated heterocycles. The zero-order valence-electron chi connectivity index (χ0n) is 10.7. The Kier molecular flexibility index (Phi) is 5.43. The summed E-state index contributed by atoms with van der Waals surface area (Å²) >= 11 is -0.366. The number of carbonyl (C=O) groups is 2. The Balaban J connectivity index is 2.95. The predicted octanol–water partition coefficient (Wildman–Crippen LogP) is 2.54. The van der Waals surface area contributed by atoms with Gasteiger partial charge in [0.15, 0.2) is 0 Å². The van der Waals surface area contributed by atoms with Gasteiger partial charge in [0.25, 0.3) is 5.91 Å². The van der Waals surface area contributed by atoms with E-state index < -0.39 is 17.4 Å². The van der Waals surface area contributed by atoms with E-state index in [9.17, 15) is 22.8 Å². The molecule has 20 heavy (non-hydrogen) atoms. The lowest BCUT2D eigenvalue weighted by Crippen LogP contribution is -2.33. The van der Waals surface area contributed by atoms with Crippen molar-refractivity contribution in [2.45, 2.75) is 10.4 Å².